The highest BCUT2D eigenvalue weighted by molar-refractivity contribution is 5.94. The van der Waals surface area contributed by atoms with Crippen molar-refractivity contribution < 1.29 is 4.79 Å². The van der Waals surface area contributed by atoms with Gasteiger partial charge in [-0.2, -0.15) is 0 Å². The van der Waals surface area contributed by atoms with E-state index in [1.807, 2.05) is 44.3 Å². The highest BCUT2D eigenvalue weighted by Gasteiger charge is 2.32. The molecule has 4 nitrogen and oxygen atoms in total. The average Bonchev–Trinajstić information content (AvgIpc) is 2.48. The van der Waals surface area contributed by atoms with Gasteiger partial charge < -0.3 is 10.6 Å². The third-order valence-corrected chi connectivity index (χ3v) is 4.47. The Labute approximate surface area is 121 Å². The summed E-state index contributed by atoms with van der Waals surface area (Å²) in [6.45, 7) is 6.15. The molecule has 1 fully saturated rings. The normalized spacial score (nSPS) is 20.4. The molecule has 4 heteroatoms. The van der Waals surface area contributed by atoms with Gasteiger partial charge in [0.15, 0.2) is 0 Å². The van der Waals surface area contributed by atoms with Gasteiger partial charge in [0, 0.05) is 24.3 Å². The first-order valence-electron chi connectivity index (χ1n) is 7.33. The van der Waals surface area contributed by atoms with Gasteiger partial charge in [-0.05, 0) is 45.9 Å². The van der Waals surface area contributed by atoms with Crippen molar-refractivity contribution in [3.63, 3.8) is 0 Å². The Hall–Kier alpha value is -1.39. The highest BCUT2D eigenvalue weighted by Crippen LogP contribution is 2.22. The van der Waals surface area contributed by atoms with Crippen molar-refractivity contribution in [3.8, 4) is 0 Å². The lowest BCUT2D eigenvalue weighted by Crippen LogP contribution is -2.54. The topological polar surface area (TPSA) is 44.4 Å². The predicted octanol–water partition coefficient (Wildman–Crippen LogP) is 2.09. The number of rotatable bonds is 4. The number of piperidine rings is 1. The molecule has 0 aromatic heterocycles. The van der Waals surface area contributed by atoms with Gasteiger partial charge in [-0.1, -0.05) is 18.2 Å². The van der Waals surface area contributed by atoms with Crippen LogP contribution in [-0.2, 0) is 4.79 Å². The second kappa shape index (κ2) is 6.37. The maximum atomic E-state index is 12.3. The molecule has 1 saturated heterocycles. The van der Waals surface area contributed by atoms with E-state index >= 15 is 0 Å². The minimum absolute atomic E-state index is 0.0734. The Morgan fingerprint density at radius 1 is 1.25 bits per heavy atom. The van der Waals surface area contributed by atoms with Crippen LogP contribution >= 0.6 is 0 Å². The average molecular weight is 275 g/mol. The van der Waals surface area contributed by atoms with Crippen LogP contribution in [0, 0.1) is 0 Å². The highest BCUT2D eigenvalue weighted by atomic mass is 16.2. The molecular weight excluding hydrogens is 250 g/mol. The summed E-state index contributed by atoms with van der Waals surface area (Å²) in [6, 6.07) is 9.55. The number of likely N-dealkylation sites (tertiary alicyclic amines) is 1. The molecule has 1 heterocycles. The molecule has 1 amide bonds. The number of hydrogen-bond acceptors (Lipinski definition) is 3. The number of hydrogen-bond donors (Lipinski definition) is 2. The molecule has 110 valence electrons. The van der Waals surface area contributed by atoms with E-state index in [1.165, 1.54) is 0 Å². The molecule has 0 radical (unpaired) electrons. The van der Waals surface area contributed by atoms with Crippen LogP contribution in [0.2, 0.25) is 0 Å². The van der Waals surface area contributed by atoms with E-state index in [9.17, 15) is 4.79 Å². The fourth-order valence-electron chi connectivity index (χ4n) is 2.59. The van der Waals surface area contributed by atoms with Gasteiger partial charge in [-0.3, -0.25) is 9.69 Å². The van der Waals surface area contributed by atoms with Crippen LogP contribution in [0.3, 0.4) is 0 Å². The van der Waals surface area contributed by atoms with Gasteiger partial charge in [-0.25, -0.2) is 0 Å². The van der Waals surface area contributed by atoms with Crippen LogP contribution in [0.1, 0.15) is 26.7 Å². The zero-order valence-corrected chi connectivity index (χ0v) is 12.6. The molecular formula is C16H25N3O. The van der Waals surface area contributed by atoms with Gasteiger partial charge in [0.25, 0.3) is 0 Å². The van der Waals surface area contributed by atoms with Crippen LogP contribution in [0.25, 0.3) is 0 Å². The Bertz CT molecular complexity index is 438. The van der Waals surface area contributed by atoms with E-state index in [4.69, 9.17) is 0 Å². The number of amides is 1. The van der Waals surface area contributed by atoms with Gasteiger partial charge >= 0.3 is 0 Å². The van der Waals surface area contributed by atoms with Crippen molar-refractivity contribution in [1.82, 2.24) is 10.2 Å². The van der Waals surface area contributed by atoms with Crippen LogP contribution < -0.4 is 10.6 Å². The van der Waals surface area contributed by atoms with Crippen molar-refractivity contribution in [2.45, 2.75) is 38.3 Å². The molecule has 0 saturated carbocycles. The Balaban J connectivity index is 1.89. The number of para-hydroxylation sites is 1. The molecule has 2 rings (SSSR count). The van der Waals surface area contributed by atoms with Gasteiger partial charge in [0.1, 0.15) is 0 Å². The number of carbonyl (C=O) groups is 1. The molecule has 20 heavy (non-hydrogen) atoms. The molecule has 0 spiro atoms. The summed E-state index contributed by atoms with van der Waals surface area (Å²) in [5.74, 6) is 0.0734. The number of nitrogens with one attached hydrogen (secondary N) is 2. The first-order chi connectivity index (χ1) is 9.54. The van der Waals surface area contributed by atoms with Crippen molar-refractivity contribution in [2.24, 2.45) is 0 Å². The number of anilines is 1. The summed E-state index contributed by atoms with van der Waals surface area (Å²) in [5, 5.41) is 6.36. The molecule has 1 aliphatic rings. The summed E-state index contributed by atoms with van der Waals surface area (Å²) in [7, 11) is 2.02. The van der Waals surface area contributed by atoms with Crippen LogP contribution in [0.4, 0.5) is 5.69 Å². The van der Waals surface area contributed by atoms with E-state index in [1.54, 1.807) is 0 Å². The van der Waals surface area contributed by atoms with Crippen molar-refractivity contribution in [2.75, 3.05) is 25.5 Å². The lowest BCUT2D eigenvalue weighted by Gasteiger charge is -2.41. The molecule has 1 atom stereocenters. The molecule has 1 aromatic carbocycles. The SMILES string of the molecule is CNC1(C)CCN(C(C)C(=O)Nc2ccccc2)CC1. The maximum absolute atomic E-state index is 12.3. The third kappa shape index (κ3) is 3.58. The summed E-state index contributed by atoms with van der Waals surface area (Å²) >= 11 is 0. The van der Waals surface area contributed by atoms with Crippen molar-refractivity contribution in [3.05, 3.63) is 30.3 Å². The number of nitrogens with zero attached hydrogens (tertiary/aromatic N) is 1. The van der Waals surface area contributed by atoms with Gasteiger partial charge in [0.05, 0.1) is 6.04 Å². The quantitative estimate of drug-likeness (QED) is 0.884. The van der Waals surface area contributed by atoms with E-state index in [0.29, 0.717) is 0 Å². The molecule has 1 aromatic rings. The third-order valence-electron chi connectivity index (χ3n) is 4.47. The lowest BCUT2D eigenvalue weighted by molar-refractivity contribution is -0.121. The van der Waals surface area contributed by atoms with E-state index < -0.39 is 0 Å². The van der Waals surface area contributed by atoms with Crippen LogP contribution in [0.15, 0.2) is 30.3 Å². The molecule has 1 unspecified atom stereocenters. The number of benzene rings is 1. The standard InChI is InChI=1S/C16H25N3O/c1-13(15(20)18-14-7-5-4-6-8-14)19-11-9-16(2,17-3)10-12-19/h4-8,13,17H,9-12H2,1-3H3,(H,18,20). The fourth-order valence-corrected chi connectivity index (χ4v) is 2.59. The molecule has 0 aliphatic carbocycles. The smallest absolute Gasteiger partial charge is 0.241 e. The maximum Gasteiger partial charge on any atom is 0.241 e. The Morgan fingerprint density at radius 2 is 1.85 bits per heavy atom. The number of carbonyl (C=O) groups excluding carboxylic acids is 1. The minimum Gasteiger partial charge on any atom is -0.325 e. The summed E-state index contributed by atoms with van der Waals surface area (Å²) in [4.78, 5) is 14.5. The van der Waals surface area contributed by atoms with Gasteiger partial charge in [0.2, 0.25) is 5.91 Å². The van der Waals surface area contributed by atoms with E-state index in [2.05, 4.69) is 22.5 Å². The van der Waals surface area contributed by atoms with E-state index in [-0.39, 0.29) is 17.5 Å². The molecule has 1 aliphatic heterocycles. The largest absolute Gasteiger partial charge is 0.325 e. The van der Waals surface area contributed by atoms with E-state index in [0.717, 1.165) is 31.6 Å². The fraction of sp³-hybridized carbons (Fsp3) is 0.562. The second-order valence-corrected chi connectivity index (χ2v) is 5.88. The Morgan fingerprint density at radius 3 is 2.40 bits per heavy atom. The monoisotopic (exact) mass is 275 g/mol. The molecule has 0 bridgehead atoms. The summed E-state index contributed by atoms with van der Waals surface area (Å²) in [6.07, 6.45) is 2.15. The first-order valence-corrected chi connectivity index (χ1v) is 7.33. The zero-order valence-electron chi connectivity index (χ0n) is 12.6. The molecule has 2 N–H and O–H groups in total. The minimum atomic E-state index is -0.0865. The Kier molecular flexibility index (Phi) is 4.78. The first kappa shape index (κ1) is 15.0. The van der Waals surface area contributed by atoms with Crippen molar-refractivity contribution >= 4 is 11.6 Å². The van der Waals surface area contributed by atoms with Crippen LogP contribution in [-0.4, -0.2) is 42.5 Å². The van der Waals surface area contributed by atoms with Crippen LogP contribution in [0.5, 0.6) is 0 Å². The second-order valence-electron chi connectivity index (χ2n) is 5.88. The predicted molar refractivity (Wildman–Crippen MR) is 82.8 cm³/mol. The zero-order chi connectivity index (χ0) is 14.6. The summed E-state index contributed by atoms with van der Waals surface area (Å²) in [5.41, 5.74) is 1.08. The van der Waals surface area contributed by atoms with Crippen molar-refractivity contribution in [1.29, 1.82) is 0 Å². The lowest BCUT2D eigenvalue weighted by atomic mass is 9.89. The van der Waals surface area contributed by atoms with Gasteiger partial charge in [-0.15, -0.1) is 0 Å². The summed E-state index contributed by atoms with van der Waals surface area (Å²) < 4.78 is 0.